The lowest BCUT2D eigenvalue weighted by Gasteiger charge is -1.96. The third-order valence-electron chi connectivity index (χ3n) is 0.421. The van der Waals surface area contributed by atoms with Crippen molar-refractivity contribution in [1.82, 2.24) is 0 Å². The number of hydrogen-bond donors (Lipinski definition) is 3. The second-order valence-electron chi connectivity index (χ2n) is 1.43. The normalized spacial score (nSPS) is 11.1. The van der Waals surface area contributed by atoms with Gasteiger partial charge in [0.25, 0.3) is 0 Å². The van der Waals surface area contributed by atoms with Crippen LogP contribution in [0.5, 0.6) is 0 Å². The maximum atomic E-state index is 8.21. The van der Waals surface area contributed by atoms with Gasteiger partial charge in [-0.1, -0.05) is 6.08 Å². The zero-order valence-corrected chi connectivity index (χ0v) is 7.41. The minimum absolute atomic E-state index is 0.0494. The van der Waals surface area contributed by atoms with Gasteiger partial charge in [0.2, 0.25) is 0 Å². The highest BCUT2D eigenvalue weighted by Crippen LogP contribution is 1.93. The Hall–Kier alpha value is 0.400. The van der Waals surface area contributed by atoms with Crippen molar-refractivity contribution in [2.24, 2.45) is 0 Å². The average molecular weight is 166 g/mol. The quantitative estimate of drug-likeness (QED) is 0.418. The van der Waals surface area contributed by atoms with Crippen molar-refractivity contribution in [2.45, 2.75) is 12.2 Å². The van der Waals surface area contributed by atoms with E-state index >= 15 is 0 Å². The first-order chi connectivity index (χ1) is 4.22. The molecule has 0 radical (unpaired) electrons. The van der Waals surface area contributed by atoms with Crippen molar-refractivity contribution in [3.8, 4) is 0 Å². The molecule has 0 aliphatic rings. The molecule has 0 aromatic carbocycles. The summed E-state index contributed by atoms with van der Waals surface area (Å²) in [5.41, 5.74) is 0. The van der Waals surface area contributed by atoms with Crippen LogP contribution in [0.25, 0.3) is 0 Å². The second-order valence-corrected chi connectivity index (χ2v) is 2.52. The molecule has 0 aromatic rings. The predicted molar refractivity (Wildman–Crippen MR) is 49.6 cm³/mol. The van der Waals surface area contributed by atoms with Crippen LogP contribution < -0.4 is 0 Å². The molecule has 0 heterocycles. The number of aliphatic hydroxyl groups excluding tert-OH is 1. The molecule has 0 bridgehead atoms. The molecule has 3 heteroatoms. The summed E-state index contributed by atoms with van der Waals surface area (Å²) in [6, 6.07) is 0. The molecule has 0 amide bonds. The van der Waals surface area contributed by atoms with Crippen LogP contribution >= 0.6 is 25.3 Å². The number of aliphatic hydroxyl groups is 1. The van der Waals surface area contributed by atoms with Crippen LogP contribution in [0.1, 0.15) is 6.92 Å². The molecule has 56 valence electrons. The van der Waals surface area contributed by atoms with E-state index in [2.05, 4.69) is 31.8 Å². The van der Waals surface area contributed by atoms with Crippen LogP contribution in [-0.4, -0.2) is 22.7 Å². The molecule has 0 saturated heterocycles. The van der Waals surface area contributed by atoms with Gasteiger partial charge in [-0.15, -0.1) is 6.58 Å². The van der Waals surface area contributed by atoms with Crippen molar-refractivity contribution >= 4 is 25.3 Å². The Morgan fingerprint density at radius 1 is 1.78 bits per heavy atom. The third-order valence-corrected chi connectivity index (χ3v) is 1.50. The SMILES string of the molecule is C=CC.OCC(S)CS. The maximum Gasteiger partial charge on any atom is 0.0555 e. The molecule has 0 aliphatic carbocycles. The maximum absolute atomic E-state index is 8.21. The van der Waals surface area contributed by atoms with Gasteiger partial charge in [-0.3, -0.25) is 0 Å². The number of hydrogen-bond acceptors (Lipinski definition) is 3. The summed E-state index contributed by atoms with van der Waals surface area (Å²) in [7, 11) is 0. The number of thiol groups is 2. The van der Waals surface area contributed by atoms with Gasteiger partial charge in [-0.25, -0.2) is 0 Å². The number of allylic oxidation sites excluding steroid dienone is 1. The van der Waals surface area contributed by atoms with Gasteiger partial charge >= 0.3 is 0 Å². The Balaban J connectivity index is 0. The highest BCUT2D eigenvalue weighted by Gasteiger charge is 1.92. The van der Waals surface area contributed by atoms with Crippen LogP contribution in [0.3, 0.4) is 0 Å². The van der Waals surface area contributed by atoms with Gasteiger partial charge in [0.05, 0.1) is 6.61 Å². The first-order valence-electron chi connectivity index (χ1n) is 2.69. The predicted octanol–water partition coefficient (Wildman–Crippen LogP) is 1.40. The second kappa shape index (κ2) is 11.2. The minimum atomic E-state index is 0.0494. The Morgan fingerprint density at radius 3 is 2.11 bits per heavy atom. The van der Waals surface area contributed by atoms with Crippen molar-refractivity contribution < 1.29 is 5.11 Å². The summed E-state index contributed by atoms with van der Waals surface area (Å²) in [4.78, 5) is 0. The summed E-state index contributed by atoms with van der Waals surface area (Å²) >= 11 is 7.76. The first kappa shape index (κ1) is 12.1. The van der Waals surface area contributed by atoms with Gasteiger partial charge in [0.15, 0.2) is 0 Å². The van der Waals surface area contributed by atoms with Crippen LogP contribution in [0.15, 0.2) is 12.7 Å². The van der Waals surface area contributed by atoms with Crippen LogP contribution in [0.2, 0.25) is 0 Å². The fourth-order valence-electron chi connectivity index (χ4n) is 0.0577. The van der Waals surface area contributed by atoms with E-state index in [0.29, 0.717) is 5.75 Å². The van der Waals surface area contributed by atoms with Crippen LogP contribution in [0.4, 0.5) is 0 Å². The van der Waals surface area contributed by atoms with E-state index in [4.69, 9.17) is 5.11 Å². The fourth-order valence-corrected chi connectivity index (χ4v) is 0.173. The molecule has 1 unspecified atom stereocenters. The lowest BCUT2D eigenvalue weighted by atomic mass is 10.5. The Morgan fingerprint density at radius 2 is 2.11 bits per heavy atom. The van der Waals surface area contributed by atoms with Gasteiger partial charge in [0.1, 0.15) is 0 Å². The molecule has 9 heavy (non-hydrogen) atoms. The van der Waals surface area contributed by atoms with Crippen LogP contribution in [-0.2, 0) is 0 Å². The monoisotopic (exact) mass is 166 g/mol. The molecule has 0 spiro atoms. The summed E-state index contributed by atoms with van der Waals surface area (Å²) in [5.74, 6) is 0.639. The molecule has 1 atom stereocenters. The largest absolute Gasteiger partial charge is 0.395 e. The lowest BCUT2D eigenvalue weighted by molar-refractivity contribution is 0.302. The molecular formula is C6H14OS2. The van der Waals surface area contributed by atoms with Gasteiger partial charge in [-0.05, 0) is 6.92 Å². The third kappa shape index (κ3) is 17.8. The highest BCUT2D eigenvalue weighted by molar-refractivity contribution is 7.84. The van der Waals surface area contributed by atoms with E-state index in [1.807, 2.05) is 6.92 Å². The molecule has 0 aliphatic heterocycles. The van der Waals surface area contributed by atoms with Crippen molar-refractivity contribution in [2.75, 3.05) is 12.4 Å². The Kier molecular flexibility index (Phi) is 15.1. The molecule has 1 nitrogen and oxygen atoms in total. The summed E-state index contributed by atoms with van der Waals surface area (Å²) in [5, 5.41) is 8.26. The van der Waals surface area contributed by atoms with E-state index in [0.717, 1.165) is 0 Å². The van der Waals surface area contributed by atoms with E-state index < -0.39 is 0 Å². The fraction of sp³-hybridized carbons (Fsp3) is 0.667. The van der Waals surface area contributed by atoms with E-state index in [9.17, 15) is 0 Å². The molecule has 1 N–H and O–H groups in total. The molecule has 0 rings (SSSR count). The smallest absolute Gasteiger partial charge is 0.0555 e. The topological polar surface area (TPSA) is 20.2 Å². The van der Waals surface area contributed by atoms with Crippen molar-refractivity contribution in [1.29, 1.82) is 0 Å². The highest BCUT2D eigenvalue weighted by atomic mass is 32.1. The molecular weight excluding hydrogens is 152 g/mol. The summed E-state index contributed by atoms with van der Waals surface area (Å²) in [6.45, 7) is 5.37. The zero-order chi connectivity index (χ0) is 7.70. The average Bonchev–Trinajstić information content (AvgIpc) is 1.88. The molecule has 0 aromatic heterocycles. The summed E-state index contributed by atoms with van der Waals surface area (Å²) in [6.07, 6.45) is 1.75. The molecule has 0 saturated carbocycles. The lowest BCUT2D eigenvalue weighted by Crippen LogP contribution is -2.04. The summed E-state index contributed by atoms with van der Waals surface area (Å²) < 4.78 is 0. The zero-order valence-electron chi connectivity index (χ0n) is 5.62. The Bertz CT molecular complexity index is 53.0. The van der Waals surface area contributed by atoms with Crippen molar-refractivity contribution in [3.63, 3.8) is 0 Å². The number of rotatable bonds is 2. The Labute approximate surface area is 68.0 Å². The minimum Gasteiger partial charge on any atom is -0.395 e. The van der Waals surface area contributed by atoms with Gasteiger partial charge in [-0.2, -0.15) is 25.3 Å². The van der Waals surface area contributed by atoms with Crippen LogP contribution in [0, 0.1) is 0 Å². The standard InChI is InChI=1S/C3H8OS2.C3H6/c4-1-3(6)2-5;1-3-2/h3-6H,1-2H2;3H,1H2,2H3. The first-order valence-corrected chi connectivity index (χ1v) is 3.84. The van der Waals surface area contributed by atoms with E-state index in [1.54, 1.807) is 6.08 Å². The molecule has 0 fully saturated rings. The van der Waals surface area contributed by atoms with Gasteiger partial charge in [0, 0.05) is 11.0 Å². The van der Waals surface area contributed by atoms with Gasteiger partial charge < -0.3 is 5.11 Å². The van der Waals surface area contributed by atoms with E-state index in [1.165, 1.54) is 0 Å². The van der Waals surface area contributed by atoms with E-state index in [-0.39, 0.29) is 11.9 Å². The van der Waals surface area contributed by atoms with Crippen molar-refractivity contribution in [3.05, 3.63) is 12.7 Å².